The van der Waals surface area contributed by atoms with Crippen molar-refractivity contribution in [1.82, 2.24) is 14.8 Å². The molecule has 0 aliphatic heterocycles. The molecule has 0 fully saturated rings. The number of carbonyl (C=O) groups is 1. The van der Waals surface area contributed by atoms with E-state index < -0.39 is 5.97 Å². The number of aromatic nitrogens is 3. The van der Waals surface area contributed by atoms with Gasteiger partial charge in [-0.25, -0.2) is 4.79 Å². The van der Waals surface area contributed by atoms with E-state index in [0.717, 1.165) is 0 Å². The molecule has 2 heterocycles. The minimum atomic E-state index is -0.456. The molecule has 0 N–H and O–H groups in total. The van der Waals surface area contributed by atoms with E-state index in [9.17, 15) is 4.79 Å². The summed E-state index contributed by atoms with van der Waals surface area (Å²) in [4.78, 5) is 15.7. The molecule has 1 atom stereocenters. The summed E-state index contributed by atoms with van der Waals surface area (Å²) in [7, 11) is 0. The molecule has 0 saturated carbocycles. The molecule has 6 heteroatoms. The molecule has 0 aromatic carbocycles. The fraction of sp³-hybridized carbons (Fsp3) is 0.250. The fourth-order valence-corrected chi connectivity index (χ4v) is 1.69. The smallest absolute Gasteiger partial charge is 0.340 e. The van der Waals surface area contributed by atoms with Crippen molar-refractivity contribution >= 4 is 17.6 Å². The van der Waals surface area contributed by atoms with Crippen LogP contribution in [0.2, 0.25) is 5.02 Å². The van der Waals surface area contributed by atoms with Crippen LogP contribution in [0.3, 0.4) is 0 Å². The van der Waals surface area contributed by atoms with Crippen molar-refractivity contribution in [2.45, 2.75) is 19.6 Å². The third-order valence-corrected chi connectivity index (χ3v) is 2.61. The molecule has 0 bridgehead atoms. The van der Waals surface area contributed by atoms with Gasteiger partial charge in [0.15, 0.2) is 0 Å². The Labute approximate surface area is 109 Å². The van der Waals surface area contributed by atoms with E-state index in [0.29, 0.717) is 12.1 Å². The van der Waals surface area contributed by atoms with Crippen molar-refractivity contribution in [2.75, 3.05) is 0 Å². The standard InChI is InChI=1S/C12H12ClN3O2/c1-9(8-16-6-2-4-15-16)18-12(17)10-3-5-14-7-11(10)13/h2-7,9H,8H2,1H3/t9-/m0/s1. The minimum absolute atomic E-state index is 0.286. The van der Waals surface area contributed by atoms with Crippen LogP contribution in [0.1, 0.15) is 17.3 Å². The highest BCUT2D eigenvalue weighted by molar-refractivity contribution is 6.33. The highest BCUT2D eigenvalue weighted by Gasteiger charge is 2.15. The number of esters is 1. The summed E-state index contributed by atoms with van der Waals surface area (Å²) < 4.78 is 6.98. The Balaban J connectivity index is 1.97. The van der Waals surface area contributed by atoms with Gasteiger partial charge in [-0.15, -0.1) is 0 Å². The van der Waals surface area contributed by atoms with Gasteiger partial charge in [0.1, 0.15) is 6.10 Å². The molecule has 2 aromatic rings. The summed E-state index contributed by atoms with van der Waals surface area (Å²) in [6, 6.07) is 3.35. The highest BCUT2D eigenvalue weighted by Crippen LogP contribution is 2.15. The lowest BCUT2D eigenvalue weighted by Gasteiger charge is -2.13. The average Bonchev–Trinajstić information content (AvgIpc) is 2.82. The van der Waals surface area contributed by atoms with Gasteiger partial charge in [-0.2, -0.15) is 5.10 Å². The summed E-state index contributed by atoms with van der Waals surface area (Å²) in [6.45, 7) is 2.30. The third kappa shape index (κ3) is 3.07. The van der Waals surface area contributed by atoms with Gasteiger partial charge in [-0.05, 0) is 19.1 Å². The second-order valence-corrected chi connectivity index (χ2v) is 4.21. The van der Waals surface area contributed by atoms with E-state index in [1.165, 1.54) is 18.5 Å². The fourth-order valence-electron chi connectivity index (χ4n) is 1.50. The van der Waals surface area contributed by atoms with Crippen LogP contribution < -0.4 is 0 Å². The van der Waals surface area contributed by atoms with Crippen LogP contribution in [0, 0.1) is 0 Å². The average molecular weight is 266 g/mol. The summed E-state index contributed by atoms with van der Waals surface area (Å²) in [5.74, 6) is -0.456. The molecule has 5 nitrogen and oxygen atoms in total. The molecule has 0 saturated heterocycles. The van der Waals surface area contributed by atoms with Crippen molar-refractivity contribution in [2.24, 2.45) is 0 Å². The zero-order valence-electron chi connectivity index (χ0n) is 9.78. The van der Waals surface area contributed by atoms with Gasteiger partial charge in [0.2, 0.25) is 0 Å². The second-order valence-electron chi connectivity index (χ2n) is 3.80. The van der Waals surface area contributed by atoms with Gasteiger partial charge in [0, 0.05) is 24.8 Å². The lowest BCUT2D eigenvalue weighted by molar-refractivity contribution is 0.0299. The lowest BCUT2D eigenvalue weighted by Crippen LogP contribution is -2.21. The van der Waals surface area contributed by atoms with Crippen LogP contribution in [0.4, 0.5) is 0 Å². The van der Waals surface area contributed by atoms with Crippen LogP contribution in [0.5, 0.6) is 0 Å². The van der Waals surface area contributed by atoms with Crippen molar-refractivity contribution in [3.8, 4) is 0 Å². The number of hydrogen-bond acceptors (Lipinski definition) is 4. The molecule has 0 aliphatic carbocycles. The van der Waals surface area contributed by atoms with Gasteiger partial charge in [0.25, 0.3) is 0 Å². The first kappa shape index (κ1) is 12.6. The molecule has 0 radical (unpaired) electrons. The number of hydrogen-bond donors (Lipinski definition) is 0. The molecule has 94 valence electrons. The van der Waals surface area contributed by atoms with Crippen molar-refractivity contribution < 1.29 is 9.53 Å². The van der Waals surface area contributed by atoms with Crippen LogP contribution in [-0.4, -0.2) is 26.8 Å². The Hall–Kier alpha value is -1.88. The first-order valence-electron chi connectivity index (χ1n) is 5.44. The Kier molecular flexibility index (Phi) is 3.94. The predicted molar refractivity (Wildman–Crippen MR) is 66.4 cm³/mol. The van der Waals surface area contributed by atoms with E-state index in [4.69, 9.17) is 16.3 Å². The molecule has 0 spiro atoms. The molecule has 0 unspecified atom stereocenters. The van der Waals surface area contributed by atoms with Crippen LogP contribution in [0.25, 0.3) is 0 Å². The Morgan fingerprint density at radius 1 is 1.56 bits per heavy atom. The zero-order chi connectivity index (χ0) is 13.0. The van der Waals surface area contributed by atoms with Crippen molar-refractivity contribution in [3.05, 3.63) is 47.5 Å². The molecule has 2 aromatic heterocycles. The monoisotopic (exact) mass is 265 g/mol. The first-order chi connectivity index (χ1) is 8.66. The van der Waals surface area contributed by atoms with Gasteiger partial charge in [0.05, 0.1) is 17.1 Å². The largest absolute Gasteiger partial charge is 0.457 e. The van der Waals surface area contributed by atoms with E-state index in [2.05, 4.69) is 10.1 Å². The maximum absolute atomic E-state index is 11.8. The maximum atomic E-state index is 11.8. The van der Waals surface area contributed by atoms with Crippen LogP contribution >= 0.6 is 11.6 Å². The van der Waals surface area contributed by atoms with Crippen molar-refractivity contribution in [3.63, 3.8) is 0 Å². The highest BCUT2D eigenvalue weighted by atomic mass is 35.5. The number of ether oxygens (including phenoxy) is 1. The molecule has 18 heavy (non-hydrogen) atoms. The minimum Gasteiger partial charge on any atom is -0.457 e. The Bertz CT molecular complexity index is 528. The van der Waals surface area contributed by atoms with E-state index in [-0.39, 0.29) is 11.1 Å². The first-order valence-corrected chi connectivity index (χ1v) is 5.82. The van der Waals surface area contributed by atoms with Crippen LogP contribution in [-0.2, 0) is 11.3 Å². The summed E-state index contributed by atoms with van der Waals surface area (Å²) in [6.07, 6.45) is 6.11. The summed E-state index contributed by atoms with van der Waals surface area (Å²) in [5, 5.41) is 4.33. The van der Waals surface area contributed by atoms with E-state index in [1.807, 2.05) is 12.3 Å². The molecule has 0 amide bonds. The Morgan fingerprint density at radius 3 is 3.06 bits per heavy atom. The summed E-state index contributed by atoms with van der Waals surface area (Å²) >= 11 is 5.86. The number of halogens is 1. The van der Waals surface area contributed by atoms with E-state index >= 15 is 0 Å². The quantitative estimate of drug-likeness (QED) is 0.795. The normalized spacial score (nSPS) is 12.1. The van der Waals surface area contributed by atoms with E-state index in [1.54, 1.807) is 17.8 Å². The second kappa shape index (κ2) is 5.64. The Morgan fingerprint density at radius 2 is 2.39 bits per heavy atom. The SMILES string of the molecule is C[C@@H](Cn1cccn1)OC(=O)c1ccncc1Cl. The predicted octanol–water partition coefficient (Wildman–Crippen LogP) is 2.18. The summed E-state index contributed by atoms with van der Waals surface area (Å²) in [5.41, 5.74) is 0.319. The number of pyridine rings is 1. The van der Waals surface area contributed by atoms with Gasteiger partial charge in [-0.1, -0.05) is 11.6 Å². The van der Waals surface area contributed by atoms with Gasteiger partial charge in [-0.3, -0.25) is 9.67 Å². The molecule has 2 rings (SSSR count). The van der Waals surface area contributed by atoms with Crippen LogP contribution in [0.15, 0.2) is 36.9 Å². The number of nitrogens with zero attached hydrogens (tertiary/aromatic N) is 3. The molecular formula is C12H12ClN3O2. The molecule has 0 aliphatic rings. The molecular weight excluding hydrogens is 254 g/mol. The topological polar surface area (TPSA) is 57.0 Å². The zero-order valence-corrected chi connectivity index (χ0v) is 10.5. The van der Waals surface area contributed by atoms with Gasteiger partial charge < -0.3 is 4.74 Å². The van der Waals surface area contributed by atoms with Gasteiger partial charge >= 0.3 is 5.97 Å². The third-order valence-electron chi connectivity index (χ3n) is 2.30. The lowest BCUT2D eigenvalue weighted by atomic mass is 10.3. The number of carbonyl (C=O) groups excluding carboxylic acids is 1. The number of rotatable bonds is 4. The maximum Gasteiger partial charge on any atom is 0.340 e. The van der Waals surface area contributed by atoms with Crippen molar-refractivity contribution in [1.29, 1.82) is 0 Å².